The number of benzene rings is 4. The summed E-state index contributed by atoms with van der Waals surface area (Å²) in [6, 6.07) is 45.1. The van der Waals surface area contributed by atoms with Gasteiger partial charge >= 0.3 is 0 Å². The summed E-state index contributed by atoms with van der Waals surface area (Å²) in [4.78, 5) is 34.6. The second-order valence-electron chi connectivity index (χ2n) is 23.1. The summed E-state index contributed by atoms with van der Waals surface area (Å²) in [5.74, 6) is 2.98. The first-order valence-corrected chi connectivity index (χ1v) is 32.9. The van der Waals surface area contributed by atoms with Gasteiger partial charge < -0.3 is 0 Å². The van der Waals surface area contributed by atoms with Crippen molar-refractivity contribution in [1.29, 1.82) is 0 Å². The maximum atomic E-state index is 4.86. The second kappa shape index (κ2) is 24.3. The minimum absolute atomic E-state index is 0.123. The molecule has 0 radical (unpaired) electrons. The van der Waals surface area contributed by atoms with E-state index in [9.17, 15) is 0 Å². The zero-order valence-corrected chi connectivity index (χ0v) is 52.3. The van der Waals surface area contributed by atoms with Gasteiger partial charge in [0, 0.05) is 107 Å². The Balaban J connectivity index is 1.38. The molecule has 0 aliphatic carbocycles. The molecule has 8 bridgehead atoms. The molecule has 0 unspecified atom stereocenters. The predicted molar refractivity (Wildman–Crippen MR) is 332 cm³/mol. The van der Waals surface area contributed by atoms with E-state index in [0.717, 1.165) is 45.8 Å². The van der Waals surface area contributed by atoms with Gasteiger partial charge in [-0.3, -0.25) is 19.9 Å². The molecule has 0 atom stereocenters. The van der Waals surface area contributed by atoms with Gasteiger partial charge in [0.05, 0.1) is 22.8 Å². The Hall–Kier alpha value is -3.72. The van der Waals surface area contributed by atoms with Crippen LogP contribution in [0.5, 0.6) is 0 Å². The van der Waals surface area contributed by atoms with Gasteiger partial charge in [-0.25, -0.2) is 0 Å². The molecule has 1 aliphatic rings. The molecule has 392 valence electrons. The number of hydrogen-bond donors (Lipinski definition) is 0. The third-order valence-corrected chi connectivity index (χ3v) is 22.8. The summed E-state index contributed by atoms with van der Waals surface area (Å²) in [6.45, 7) is 28.3. The monoisotopic (exact) mass is 1150 g/mol. The molecule has 0 fully saturated rings. The standard InChI is InChI=1S/C64H68N4S8/c1-61(2,3)41-29-49-57(69-37-45-21-13-17-25-65-45)50(30-41)74-52-32-43(63(7,8)9)34-54(59(52)71-39-47-23-15-19-27-67-47)76-56-36-44(64(10,11)12)35-55(60(56)72-40-48-24-16-20-28-68-48)75-53-33-42(62(4,5)6)31-51(73-49)58(53)70-38-46-22-14-18-26-66-46/h13-36H,37-40H2,1-12H3. The highest BCUT2D eigenvalue weighted by atomic mass is 32.2. The van der Waals surface area contributed by atoms with Gasteiger partial charge in [-0.15, -0.1) is 47.0 Å². The highest BCUT2D eigenvalue weighted by Gasteiger charge is 2.30. The lowest BCUT2D eigenvalue weighted by molar-refractivity contribution is 0.584. The molecule has 1 aliphatic heterocycles. The summed E-state index contributed by atoms with van der Waals surface area (Å²) >= 11 is 15.4. The Bertz CT molecular complexity index is 2750. The van der Waals surface area contributed by atoms with Gasteiger partial charge in [0.15, 0.2) is 0 Å². The van der Waals surface area contributed by atoms with Crippen LogP contribution < -0.4 is 0 Å². The van der Waals surface area contributed by atoms with E-state index in [-0.39, 0.29) is 21.7 Å². The lowest BCUT2D eigenvalue weighted by Gasteiger charge is -2.28. The Morgan fingerprint density at radius 2 is 0.474 bits per heavy atom. The van der Waals surface area contributed by atoms with Crippen LogP contribution in [-0.2, 0) is 44.7 Å². The van der Waals surface area contributed by atoms with Crippen LogP contribution in [0.2, 0.25) is 0 Å². The number of pyridine rings is 4. The van der Waals surface area contributed by atoms with E-state index in [1.807, 2.05) is 143 Å². The average molecular weight is 1150 g/mol. The SMILES string of the molecule is CC(C)(C)c1cc2c(SCc3ccccn3)c(c1)Sc1cc(C(C)(C)C)cc(c1SCc1ccccn1)Sc1cc(C(C)(C)C)cc(c1SCc1ccccn1)Sc1cc(C(C)(C)C)cc(c1SCc1ccccn1)S2. The first kappa shape index (κ1) is 57.0. The Labute approximate surface area is 487 Å². The van der Waals surface area contributed by atoms with Crippen LogP contribution in [-0.4, -0.2) is 19.9 Å². The topological polar surface area (TPSA) is 51.6 Å². The fourth-order valence-corrected chi connectivity index (χ4v) is 18.4. The summed E-state index contributed by atoms with van der Waals surface area (Å²) in [5, 5.41) is 0. The first-order chi connectivity index (χ1) is 36.2. The molecule has 0 spiro atoms. The molecule has 4 aromatic carbocycles. The smallest absolute Gasteiger partial charge is 0.0506 e. The highest BCUT2D eigenvalue weighted by Crippen LogP contribution is 2.56. The minimum atomic E-state index is -0.123. The number of fused-ring (bicyclic) bond motifs is 8. The molecular formula is C64H68N4S8. The molecule has 12 heteroatoms. The molecule has 0 N–H and O–H groups in total. The molecule has 0 saturated carbocycles. The van der Waals surface area contributed by atoms with Gasteiger partial charge in [0.25, 0.3) is 0 Å². The fraction of sp³-hybridized carbons (Fsp3) is 0.312. The molecule has 0 saturated heterocycles. The van der Waals surface area contributed by atoms with Crippen molar-refractivity contribution in [2.45, 2.75) is 187 Å². The van der Waals surface area contributed by atoms with E-state index in [1.54, 1.807) is 0 Å². The van der Waals surface area contributed by atoms with Crippen molar-refractivity contribution in [2.24, 2.45) is 0 Å². The number of hydrogen-bond acceptors (Lipinski definition) is 12. The average Bonchev–Trinajstić information content (AvgIpc) is 3.41. The lowest BCUT2D eigenvalue weighted by atomic mass is 9.87. The van der Waals surface area contributed by atoms with Crippen LogP contribution in [0, 0.1) is 0 Å². The molecule has 9 rings (SSSR count). The van der Waals surface area contributed by atoms with Crippen molar-refractivity contribution in [2.75, 3.05) is 0 Å². The molecule has 5 heterocycles. The van der Waals surface area contributed by atoms with Gasteiger partial charge in [-0.2, -0.15) is 0 Å². The van der Waals surface area contributed by atoms with Gasteiger partial charge in [0.2, 0.25) is 0 Å². The zero-order chi connectivity index (χ0) is 53.8. The Morgan fingerprint density at radius 1 is 0.289 bits per heavy atom. The molecule has 8 aromatic rings. The van der Waals surface area contributed by atoms with E-state index >= 15 is 0 Å². The minimum Gasteiger partial charge on any atom is -0.260 e. The van der Waals surface area contributed by atoms with E-state index in [4.69, 9.17) is 19.9 Å². The van der Waals surface area contributed by atoms with Gasteiger partial charge in [-0.05, 0) is 141 Å². The van der Waals surface area contributed by atoms with E-state index in [2.05, 4.69) is 180 Å². The summed E-state index contributed by atoms with van der Waals surface area (Å²) in [7, 11) is 0. The normalized spacial score (nSPS) is 13.2. The third kappa shape index (κ3) is 14.5. The highest BCUT2D eigenvalue weighted by molar-refractivity contribution is 8.06. The Morgan fingerprint density at radius 3 is 0.618 bits per heavy atom. The van der Waals surface area contributed by atoms with Crippen LogP contribution in [0.25, 0.3) is 0 Å². The maximum absolute atomic E-state index is 4.86. The summed E-state index contributed by atoms with van der Waals surface area (Å²) in [5.41, 5.74) is 9.02. The molecule has 4 aromatic heterocycles. The zero-order valence-electron chi connectivity index (χ0n) is 45.7. The van der Waals surface area contributed by atoms with Crippen molar-refractivity contribution in [3.05, 3.63) is 191 Å². The number of aromatic nitrogens is 4. The van der Waals surface area contributed by atoms with Crippen molar-refractivity contribution < 1.29 is 0 Å². The van der Waals surface area contributed by atoms with Crippen molar-refractivity contribution >= 4 is 94.1 Å². The van der Waals surface area contributed by atoms with Crippen molar-refractivity contribution in [3.63, 3.8) is 0 Å². The molecule has 0 amide bonds. The van der Waals surface area contributed by atoms with E-state index in [0.29, 0.717) is 0 Å². The largest absolute Gasteiger partial charge is 0.260 e. The van der Waals surface area contributed by atoms with Crippen LogP contribution in [0.15, 0.2) is 205 Å². The molecular weight excluding hydrogens is 1080 g/mol. The summed E-state index contributed by atoms with van der Waals surface area (Å²) in [6.07, 6.45) is 7.67. The van der Waals surface area contributed by atoms with Crippen molar-refractivity contribution in [3.8, 4) is 0 Å². The lowest BCUT2D eigenvalue weighted by Crippen LogP contribution is -2.13. The van der Waals surface area contributed by atoms with Gasteiger partial charge in [-0.1, -0.05) is 154 Å². The van der Waals surface area contributed by atoms with E-state index < -0.39 is 0 Å². The van der Waals surface area contributed by atoms with Crippen LogP contribution >= 0.6 is 94.1 Å². The number of thioether (sulfide) groups is 4. The quantitative estimate of drug-likeness (QED) is 0.110. The second-order valence-corrected chi connectivity index (χ2v) is 31.3. The van der Waals surface area contributed by atoms with Crippen molar-refractivity contribution in [1.82, 2.24) is 19.9 Å². The van der Waals surface area contributed by atoms with Gasteiger partial charge in [0.1, 0.15) is 0 Å². The van der Waals surface area contributed by atoms with Crippen LogP contribution in [0.1, 0.15) is 128 Å². The third-order valence-electron chi connectivity index (χ3n) is 12.8. The molecule has 76 heavy (non-hydrogen) atoms. The van der Waals surface area contributed by atoms with Crippen LogP contribution in [0.4, 0.5) is 0 Å². The first-order valence-electron chi connectivity index (χ1n) is 25.7. The number of rotatable bonds is 12. The van der Waals surface area contributed by atoms with Crippen LogP contribution in [0.3, 0.4) is 0 Å². The molecule has 4 nitrogen and oxygen atoms in total. The Kier molecular flexibility index (Phi) is 18.2. The predicted octanol–water partition coefficient (Wildman–Crippen LogP) is 20.5. The number of nitrogens with zero attached hydrogens (tertiary/aromatic N) is 4. The maximum Gasteiger partial charge on any atom is 0.0506 e. The van der Waals surface area contributed by atoms with E-state index in [1.165, 1.54) is 81.0 Å². The fourth-order valence-electron chi connectivity index (χ4n) is 8.21. The summed E-state index contributed by atoms with van der Waals surface area (Å²) < 4.78 is 0.